The highest BCUT2D eigenvalue weighted by molar-refractivity contribution is 5.81. The standard InChI is InChI=1S/C29H37N3O/c1-22-9-5-6-11-25(22)20-32-27(19-24-10-7-8-14-28(24)32)21-31-17-15-23(16-18-31)29(33)30-26-12-3-2-4-13-26/h5-11,14,19,23,26H,2-4,12-13,15-18,20-21H2,1H3,(H,30,33). The number of nitrogens with zero attached hydrogens (tertiary/aromatic N) is 2. The number of carbonyl (C=O) groups excluding carboxylic acids is 1. The summed E-state index contributed by atoms with van der Waals surface area (Å²) in [6, 6.07) is 20.2. The SMILES string of the molecule is Cc1ccccc1Cn1c(CN2CCC(C(=O)NC3CCCCC3)CC2)cc2ccccc21. The highest BCUT2D eigenvalue weighted by Gasteiger charge is 2.27. The number of para-hydroxylation sites is 1. The van der Waals surface area contributed by atoms with Crippen LogP contribution in [0.25, 0.3) is 10.9 Å². The van der Waals surface area contributed by atoms with Crippen molar-refractivity contribution < 1.29 is 4.79 Å². The second-order valence-corrected chi connectivity index (χ2v) is 10.1. The maximum absolute atomic E-state index is 12.8. The molecule has 1 N–H and O–H groups in total. The molecule has 4 nitrogen and oxygen atoms in total. The molecule has 0 bridgehead atoms. The minimum absolute atomic E-state index is 0.181. The van der Waals surface area contributed by atoms with Gasteiger partial charge in [-0.3, -0.25) is 9.69 Å². The van der Waals surface area contributed by atoms with E-state index in [9.17, 15) is 4.79 Å². The van der Waals surface area contributed by atoms with E-state index in [1.807, 2.05) is 0 Å². The van der Waals surface area contributed by atoms with Crippen molar-refractivity contribution in [2.24, 2.45) is 5.92 Å². The first-order valence-corrected chi connectivity index (χ1v) is 12.8. The van der Waals surface area contributed by atoms with Gasteiger partial charge < -0.3 is 9.88 Å². The Morgan fingerprint density at radius 2 is 1.64 bits per heavy atom. The number of fused-ring (bicyclic) bond motifs is 1. The van der Waals surface area contributed by atoms with Gasteiger partial charge in [0.2, 0.25) is 5.91 Å². The lowest BCUT2D eigenvalue weighted by Crippen LogP contribution is -2.44. The zero-order valence-electron chi connectivity index (χ0n) is 19.9. The summed E-state index contributed by atoms with van der Waals surface area (Å²) in [4.78, 5) is 15.3. The minimum atomic E-state index is 0.181. The van der Waals surface area contributed by atoms with Crippen LogP contribution in [0, 0.1) is 12.8 Å². The zero-order valence-corrected chi connectivity index (χ0v) is 19.9. The van der Waals surface area contributed by atoms with Crippen molar-refractivity contribution in [2.45, 2.75) is 71.0 Å². The highest BCUT2D eigenvalue weighted by Crippen LogP contribution is 2.26. The molecule has 5 rings (SSSR count). The van der Waals surface area contributed by atoms with Crippen LogP contribution >= 0.6 is 0 Å². The van der Waals surface area contributed by atoms with Crippen LogP contribution in [0.2, 0.25) is 0 Å². The average Bonchev–Trinajstić information content (AvgIpc) is 3.18. The highest BCUT2D eigenvalue weighted by atomic mass is 16.1. The van der Waals surface area contributed by atoms with Gasteiger partial charge in [-0.05, 0) is 74.3 Å². The van der Waals surface area contributed by atoms with Crippen molar-refractivity contribution in [3.05, 3.63) is 71.4 Å². The normalized spacial score (nSPS) is 18.6. The molecular formula is C29H37N3O. The fourth-order valence-electron chi connectivity index (χ4n) is 5.69. The fraction of sp³-hybridized carbons (Fsp3) is 0.483. The monoisotopic (exact) mass is 443 g/mol. The molecule has 0 spiro atoms. The third-order valence-corrected chi connectivity index (χ3v) is 7.78. The van der Waals surface area contributed by atoms with Gasteiger partial charge in [0.05, 0.1) is 0 Å². The van der Waals surface area contributed by atoms with E-state index in [-0.39, 0.29) is 5.92 Å². The van der Waals surface area contributed by atoms with Gasteiger partial charge in [-0.25, -0.2) is 0 Å². The van der Waals surface area contributed by atoms with Crippen LogP contribution in [0.3, 0.4) is 0 Å². The van der Waals surface area contributed by atoms with Crippen molar-refractivity contribution in [1.29, 1.82) is 0 Å². The van der Waals surface area contributed by atoms with E-state index in [0.29, 0.717) is 11.9 Å². The molecule has 4 heteroatoms. The van der Waals surface area contributed by atoms with Gasteiger partial charge in [0.1, 0.15) is 0 Å². The second-order valence-electron chi connectivity index (χ2n) is 10.1. The van der Waals surface area contributed by atoms with Gasteiger partial charge in [0, 0.05) is 36.3 Å². The fourth-order valence-corrected chi connectivity index (χ4v) is 5.69. The summed E-state index contributed by atoms with van der Waals surface area (Å²) in [5.41, 5.74) is 5.38. The number of amides is 1. The number of aryl methyl sites for hydroxylation is 1. The van der Waals surface area contributed by atoms with Crippen molar-refractivity contribution >= 4 is 16.8 Å². The summed E-state index contributed by atoms with van der Waals surface area (Å²) in [6.07, 6.45) is 8.12. The maximum Gasteiger partial charge on any atom is 0.223 e. The lowest BCUT2D eigenvalue weighted by atomic mass is 9.92. The van der Waals surface area contributed by atoms with Crippen LogP contribution in [-0.2, 0) is 17.9 Å². The molecule has 1 aliphatic carbocycles. The molecule has 0 radical (unpaired) electrons. The number of piperidine rings is 1. The largest absolute Gasteiger partial charge is 0.353 e. The molecule has 0 unspecified atom stereocenters. The van der Waals surface area contributed by atoms with E-state index in [1.54, 1.807) is 0 Å². The lowest BCUT2D eigenvalue weighted by molar-refractivity contribution is -0.127. The molecule has 1 aliphatic heterocycles. The van der Waals surface area contributed by atoms with Crippen LogP contribution in [0.4, 0.5) is 0 Å². The topological polar surface area (TPSA) is 37.3 Å². The van der Waals surface area contributed by atoms with Gasteiger partial charge in [-0.15, -0.1) is 0 Å². The molecule has 1 saturated carbocycles. The number of nitrogens with one attached hydrogen (secondary N) is 1. The molecule has 2 aliphatic rings. The summed E-state index contributed by atoms with van der Waals surface area (Å²) >= 11 is 0. The van der Waals surface area contributed by atoms with Gasteiger partial charge >= 0.3 is 0 Å². The van der Waals surface area contributed by atoms with Crippen LogP contribution in [0.15, 0.2) is 54.6 Å². The van der Waals surface area contributed by atoms with E-state index in [2.05, 4.69) is 76.3 Å². The zero-order chi connectivity index (χ0) is 22.6. The van der Waals surface area contributed by atoms with Gasteiger partial charge in [0.15, 0.2) is 0 Å². The molecule has 2 fully saturated rings. The van der Waals surface area contributed by atoms with Crippen LogP contribution in [-0.4, -0.2) is 34.5 Å². The predicted molar refractivity (Wildman–Crippen MR) is 135 cm³/mol. The molecule has 1 aromatic heterocycles. The third-order valence-electron chi connectivity index (χ3n) is 7.78. The Morgan fingerprint density at radius 3 is 2.42 bits per heavy atom. The summed E-state index contributed by atoms with van der Waals surface area (Å²) in [5.74, 6) is 0.483. The van der Waals surface area contributed by atoms with E-state index < -0.39 is 0 Å². The minimum Gasteiger partial charge on any atom is -0.353 e. The van der Waals surface area contributed by atoms with Crippen LogP contribution in [0.1, 0.15) is 61.8 Å². The average molecular weight is 444 g/mol. The molecule has 2 heterocycles. The Bertz CT molecular complexity index is 1090. The molecule has 2 aromatic carbocycles. The van der Waals surface area contributed by atoms with Crippen molar-refractivity contribution in [2.75, 3.05) is 13.1 Å². The van der Waals surface area contributed by atoms with Gasteiger partial charge in [0.25, 0.3) is 0 Å². The van der Waals surface area contributed by atoms with Gasteiger partial charge in [-0.2, -0.15) is 0 Å². The number of likely N-dealkylation sites (tertiary alicyclic amines) is 1. The molecule has 174 valence electrons. The van der Waals surface area contributed by atoms with Crippen LogP contribution < -0.4 is 5.32 Å². The van der Waals surface area contributed by atoms with Crippen molar-refractivity contribution in [1.82, 2.24) is 14.8 Å². The molecule has 33 heavy (non-hydrogen) atoms. The first-order chi connectivity index (χ1) is 16.2. The molecule has 0 atom stereocenters. The smallest absolute Gasteiger partial charge is 0.223 e. The number of aromatic nitrogens is 1. The van der Waals surface area contributed by atoms with Crippen LogP contribution in [0.5, 0.6) is 0 Å². The summed E-state index contributed by atoms with van der Waals surface area (Å²) in [6.45, 7) is 6.03. The molecule has 1 saturated heterocycles. The maximum atomic E-state index is 12.8. The summed E-state index contributed by atoms with van der Waals surface area (Å²) in [5, 5.41) is 4.66. The number of hydrogen-bond acceptors (Lipinski definition) is 2. The molecule has 1 amide bonds. The Kier molecular flexibility index (Phi) is 6.82. The predicted octanol–water partition coefficient (Wildman–Crippen LogP) is 5.66. The first kappa shape index (κ1) is 22.2. The summed E-state index contributed by atoms with van der Waals surface area (Å²) < 4.78 is 2.49. The summed E-state index contributed by atoms with van der Waals surface area (Å²) in [7, 11) is 0. The first-order valence-electron chi connectivity index (χ1n) is 12.8. The van der Waals surface area contributed by atoms with E-state index in [1.165, 1.54) is 47.0 Å². The quantitative estimate of drug-likeness (QED) is 0.534. The van der Waals surface area contributed by atoms with E-state index in [0.717, 1.165) is 51.9 Å². The number of rotatable bonds is 6. The second kappa shape index (κ2) is 10.1. The van der Waals surface area contributed by atoms with Crippen molar-refractivity contribution in [3.8, 4) is 0 Å². The third kappa shape index (κ3) is 5.16. The van der Waals surface area contributed by atoms with E-state index in [4.69, 9.17) is 0 Å². The van der Waals surface area contributed by atoms with Gasteiger partial charge in [-0.1, -0.05) is 61.7 Å². The Balaban J connectivity index is 1.25. The Hall–Kier alpha value is -2.59. The number of carbonyl (C=O) groups is 1. The lowest BCUT2D eigenvalue weighted by Gasteiger charge is -2.33. The Labute approximate surface area is 198 Å². The molecule has 3 aromatic rings. The van der Waals surface area contributed by atoms with Crippen molar-refractivity contribution in [3.63, 3.8) is 0 Å². The number of benzene rings is 2. The number of hydrogen-bond donors (Lipinski definition) is 1. The van der Waals surface area contributed by atoms with E-state index >= 15 is 0 Å². The Morgan fingerprint density at radius 1 is 0.909 bits per heavy atom. The molecular weight excluding hydrogens is 406 g/mol.